The number of hydrogen-bond donors (Lipinski definition) is 2. The minimum Gasteiger partial charge on any atom is -0.484 e. The SMILES string of the molecule is C[C@H](NC(=O)[C@@H]1CCCO1)[C@H](Oc1ccc(C(=O)O[C@H]2CCCNC2)cc1)c1ccc(C2CC2)cc1.Cl. The Morgan fingerprint density at radius 1 is 1.00 bits per heavy atom. The average Bonchev–Trinajstić information content (AvgIpc) is 3.61. The molecule has 0 unspecified atom stereocenters. The number of benzene rings is 2. The molecule has 2 aliphatic heterocycles. The fraction of sp³-hybridized carbons (Fsp3) is 0.517. The minimum absolute atomic E-state index is 0. The first-order valence-electron chi connectivity index (χ1n) is 13.3. The molecule has 2 aromatic rings. The molecule has 2 aromatic carbocycles. The fourth-order valence-electron chi connectivity index (χ4n) is 4.97. The molecular formula is C29H37ClN2O5. The number of nitrogens with one attached hydrogen (secondary N) is 2. The second kappa shape index (κ2) is 12.8. The van der Waals surface area contributed by atoms with Crippen LogP contribution in [0.2, 0.25) is 0 Å². The van der Waals surface area contributed by atoms with Crippen LogP contribution in [-0.2, 0) is 14.3 Å². The Kier molecular flexibility index (Phi) is 9.46. The lowest BCUT2D eigenvalue weighted by atomic mass is 10.00. The largest absolute Gasteiger partial charge is 0.484 e. The van der Waals surface area contributed by atoms with Crippen LogP contribution < -0.4 is 15.4 Å². The van der Waals surface area contributed by atoms with E-state index in [1.807, 2.05) is 6.92 Å². The van der Waals surface area contributed by atoms with E-state index < -0.39 is 12.2 Å². The van der Waals surface area contributed by atoms with E-state index in [9.17, 15) is 9.59 Å². The van der Waals surface area contributed by atoms with E-state index in [1.54, 1.807) is 24.3 Å². The van der Waals surface area contributed by atoms with Gasteiger partial charge in [-0.25, -0.2) is 4.79 Å². The smallest absolute Gasteiger partial charge is 0.338 e. The third-order valence-corrected chi connectivity index (χ3v) is 7.24. The molecule has 2 heterocycles. The zero-order chi connectivity index (χ0) is 24.9. The third kappa shape index (κ3) is 7.24. The Labute approximate surface area is 225 Å². The van der Waals surface area contributed by atoms with Crippen molar-refractivity contribution in [3.05, 3.63) is 65.2 Å². The fourth-order valence-corrected chi connectivity index (χ4v) is 4.97. The van der Waals surface area contributed by atoms with E-state index in [2.05, 4.69) is 34.9 Å². The van der Waals surface area contributed by atoms with Crippen LogP contribution in [0.1, 0.15) is 79.0 Å². The maximum Gasteiger partial charge on any atom is 0.338 e. The molecule has 1 amide bonds. The highest BCUT2D eigenvalue weighted by molar-refractivity contribution is 5.89. The van der Waals surface area contributed by atoms with Gasteiger partial charge in [0, 0.05) is 13.2 Å². The van der Waals surface area contributed by atoms with E-state index in [-0.39, 0.29) is 36.4 Å². The van der Waals surface area contributed by atoms with E-state index >= 15 is 0 Å². The van der Waals surface area contributed by atoms with Crippen LogP contribution in [0.3, 0.4) is 0 Å². The molecule has 200 valence electrons. The lowest BCUT2D eigenvalue weighted by Crippen LogP contribution is -2.44. The van der Waals surface area contributed by atoms with Crippen LogP contribution in [0.25, 0.3) is 0 Å². The summed E-state index contributed by atoms with van der Waals surface area (Å²) in [5.74, 6) is 0.880. The van der Waals surface area contributed by atoms with Crippen molar-refractivity contribution in [1.29, 1.82) is 0 Å². The number of ether oxygens (including phenoxy) is 3. The van der Waals surface area contributed by atoms with Crippen LogP contribution in [0.4, 0.5) is 0 Å². The van der Waals surface area contributed by atoms with Crippen molar-refractivity contribution >= 4 is 24.3 Å². The predicted molar refractivity (Wildman–Crippen MR) is 143 cm³/mol. The van der Waals surface area contributed by atoms with Crippen molar-refractivity contribution in [2.45, 2.75) is 75.7 Å². The molecule has 0 spiro atoms. The number of esters is 1. The van der Waals surface area contributed by atoms with Crippen molar-refractivity contribution in [1.82, 2.24) is 10.6 Å². The molecule has 5 rings (SSSR count). The van der Waals surface area contributed by atoms with Crippen molar-refractivity contribution in [2.75, 3.05) is 19.7 Å². The highest BCUT2D eigenvalue weighted by Gasteiger charge is 2.30. The number of halogens is 1. The number of amides is 1. The first-order valence-corrected chi connectivity index (χ1v) is 13.3. The second-order valence-electron chi connectivity index (χ2n) is 10.2. The van der Waals surface area contributed by atoms with Gasteiger partial charge in [-0.2, -0.15) is 0 Å². The van der Waals surface area contributed by atoms with Gasteiger partial charge in [-0.15, -0.1) is 12.4 Å². The van der Waals surface area contributed by atoms with Gasteiger partial charge in [-0.05, 0) is 93.3 Å². The molecule has 0 bridgehead atoms. The average molecular weight is 529 g/mol. The number of carbonyl (C=O) groups excluding carboxylic acids is 2. The molecule has 1 aliphatic carbocycles. The van der Waals surface area contributed by atoms with E-state index in [1.165, 1.54) is 18.4 Å². The Bertz CT molecular complexity index is 1030. The summed E-state index contributed by atoms with van der Waals surface area (Å²) in [5, 5.41) is 6.35. The molecule has 0 radical (unpaired) electrons. The predicted octanol–water partition coefficient (Wildman–Crippen LogP) is 4.70. The van der Waals surface area contributed by atoms with Gasteiger partial charge in [0.2, 0.25) is 5.91 Å². The molecule has 8 heteroatoms. The van der Waals surface area contributed by atoms with Gasteiger partial charge in [-0.3, -0.25) is 4.79 Å². The molecule has 3 fully saturated rings. The summed E-state index contributed by atoms with van der Waals surface area (Å²) in [6, 6.07) is 15.3. The summed E-state index contributed by atoms with van der Waals surface area (Å²) < 4.78 is 17.6. The number of rotatable bonds is 9. The lowest BCUT2D eigenvalue weighted by molar-refractivity contribution is -0.131. The summed E-state index contributed by atoms with van der Waals surface area (Å²) in [7, 11) is 0. The van der Waals surface area contributed by atoms with Crippen molar-refractivity contribution < 1.29 is 23.8 Å². The molecule has 3 aliphatic rings. The minimum atomic E-state index is -0.394. The van der Waals surface area contributed by atoms with Gasteiger partial charge in [0.15, 0.2) is 0 Å². The van der Waals surface area contributed by atoms with Crippen LogP contribution in [-0.4, -0.2) is 49.8 Å². The molecule has 4 atom stereocenters. The Balaban J connectivity index is 0.00000320. The Morgan fingerprint density at radius 2 is 1.76 bits per heavy atom. The summed E-state index contributed by atoms with van der Waals surface area (Å²) in [4.78, 5) is 25.3. The van der Waals surface area contributed by atoms with Gasteiger partial charge < -0.3 is 24.8 Å². The molecular weight excluding hydrogens is 492 g/mol. The Hall–Kier alpha value is -2.61. The molecule has 1 saturated carbocycles. The summed E-state index contributed by atoms with van der Waals surface area (Å²) >= 11 is 0. The van der Waals surface area contributed by atoms with Gasteiger partial charge >= 0.3 is 5.97 Å². The molecule has 0 aromatic heterocycles. The van der Waals surface area contributed by atoms with Crippen molar-refractivity contribution in [3.63, 3.8) is 0 Å². The van der Waals surface area contributed by atoms with Crippen LogP contribution in [0.5, 0.6) is 5.75 Å². The standard InChI is InChI=1S/C29H36N2O5.ClH/c1-19(31-28(32)26-5-3-17-34-26)27(22-10-8-21(9-11-22)20-6-7-20)35-24-14-12-23(13-15-24)29(33)36-25-4-2-16-30-18-25;/h8-15,19-20,25-27,30H,2-7,16-18H2,1H3,(H,31,32);1H/t19-,25-,26-,27-;/m0./s1. The first kappa shape index (κ1) is 27.4. The van der Waals surface area contributed by atoms with Gasteiger partial charge in [0.25, 0.3) is 0 Å². The van der Waals surface area contributed by atoms with E-state index in [0.29, 0.717) is 30.4 Å². The van der Waals surface area contributed by atoms with Gasteiger partial charge in [-0.1, -0.05) is 24.3 Å². The van der Waals surface area contributed by atoms with Crippen molar-refractivity contribution in [2.24, 2.45) is 0 Å². The monoisotopic (exact) mass is 528 g/mol. The highest BCUT2D eigenvalue weighted by atomic mass is 35.5. The quantitative estimate of drug-likeness (QED) is 0.459. The highest BCUT2D eigenvalue weighted by Crippen LogP contribution is 2.40. The normalized spacial score (nSPS) is 22.8. The van der Waals surface area contributed by atoms with Crippen molar-refractivity contribution in [3.8, 4) is 5.75 Å². The third-order valence-electron chi connectivity index (χ3n) is 7.24. The molecule has 2 saturated heterocycles. The zero-order valence-corrected chi connectivity index (χ0v) is 22.1. The van der Waals surface area contributed by atoms with Gasteiger partial charge in [0.1, 0.15) is 24.1 Å². The van der Waals surface area contributed by atoms with E-state index in [4.69, 9.17) is 14.2 Å². The van der Waals surface area contributed by atoms with Crippen LogP contribution in [0, 0.1) is 0 Å². The number of piperidine rings is 1. The Morgan fingerprint density at radius 3 is 2.38 bits per heavy atom. The first-order chi connectivity index (χ1) is 17.6. The maximum atomic E-state index is 12.7. The lowest BCUT2D eigenvalue weighted by Gasteiger charge is -2.27. The summed E-state index contributed by atoms with van der Waals surface area (Å²) in [6.07, 6.45) is 5.17. The maximum absolute atomic E-state index is 12.7. The van der Waals surface area contributed by atoms with Gasteiger partial charge in [0.05, 0.1) is 11.6 Å². The molecule has 7 nitrogen and oxygen atoms in total. The van der Waals surface area contributed by atoms with E-state index in [0.717, 1.165) is 37.8 Å². The second-order valence-corrected chi connectivity index (χ2v) is 10.2. The van der Waals surface area contributed by atoms with Crippen LogP contribution in [0.15, 0.2) is 48.5 Å². The molecule has 2 N–H and O–H groups in total. The molecule has 37 heavy (non-hydrogen) atoms. The van der Waals surface area contributed by atoms with Crippen LogP contribution >= 0.6 is 12.4 Å². The topological polar surface area (TPSA) is 85.9 Å². The summed E-state index contributed by atoms with van der Waals surface area (Å²) in [6.45, 7) is 4.25. The number of carbonyl (C=O) groups is 2. The zero-order valence-electron chi connectivity index (χ0n) is 21.3. The number of hydrogen-bond acceptors (Lipinski definition) is 6. The summed E-state index contributed by atoms with van der Waals surface area (Å²) in [5.41, 5.74) is 2.84.